The van der Waals surface area contributed by atoms with Gasteiger partial charge in [-0.2, -0.15) is 0 Å². The average molecular weight is 575 g/mol. The molecule has 0 saturated carbocycles. The predicted molar refractivity (Wildman–Crippen MR) is 184 cm³/mol. The zero-order valence-corrected chi connectivity index (χ0v) is 24.4. The fourth-order valence-electron chi connectivity index (χ4n) is 6.67. The predicted octanol–water partition coefficient (Wildman–Crippen LogP) is 8.48. The van der Waals surface area contributed by atoms with E-state index in [0.29, 0.717) is 5.88 Å². The van der Waals surface area contributed by atoms with E-state index in [9.17, 15) is 0 Å². The standard InChI is InChI=1S/C41H26BNO2/c1-3-9-27(10-4-1)29-13-7-15-31(23-29)33-17-19-35-38(25-33)44-37-21-22-43-41-40(37)42(35)36-20-18-34(26-39(36)45-41)32-16-8-14-30(24-32)28-11-5-2-6-12-28/h1-26H. The molecule has 0 spiro atoms. The van der Waals surface area contributed by atoms with E-state index in [4.69, 9.17) is 9.47 Å². The topological polar surface area (TPSA) is 31.4 Å². The van der Waals surface area contributed by atoms with E-state index in [0.717, 1.165) is 55.9 Å². The van der Waals surface area contributed by atoms with Crippen molar-refractivity contribution in [1.82, 2.24) is 4.98 Å². The van der Waals surface area contributed by atoms with Crippen molar-refractivity contribution in [1.29, 1.82) is 0 Å². The van der Waals surface area contributed by atoms with Gasteiger partial charge in [-0.25, -0.2) is 4.98 Å². The molecule has 2 aliphatic heterocycles. The van der Waals surface area contributed by atoms with E-state index in [1.54, 1.807) is 6.20 Å². The lowest BCUT2D eigenvalue weighted by Crippen LogP contribution is -2.57. The lowest BCUT2D eigenvalue weighted by Gasteiger charge is -2.32. The molecule has 2 aliphatic rings. The normalized spacial score (nSPS) is 12.3. The van der Waals surface area contributed by atoms with Gasteiger partial charge in [0.15, 0.2) is 0 Å². The Balaban J connectivity index is 1.12. The Morgan fingerprint density at radius 1 is 0.378 bits per heavy atom. The fourth-order valence-corrected chi connectivity index (χ4v) is 6.67. The molecular formula is C41H26BNO2. The molecule has 1 aromatic heterocycles. The first kappa shape index (κ1) is 25.6. The van der Waals surface area contributed by atoms with Crippen LogP contribution in [0.5, 0.6) is 23.1 Å². The van der Waals surface area contributed by atoms with Crippen LogP contribution in [0.25, 0.3) is 44.5 Å². The van der Waals surface area contributed by atoms with Crippen molar-refractivity contribution in [2.45, 2.75) is 0 Å². The van der Waals surface area contributed by atoms with Gasteiger partial charge in [-0.1, -0.05) is 121 Å². The summed E-state index contributed by atoms with van der Waals surface area (Å²) in [6.45, 7) is -0.0365. The Morgan fingerprint density at radius 2 is 0.844 bits per heavy atom. The SMILES string of the molecule is c1ccc(-c2cccc(-c3ccc4c(c3)Oc3ccnc5c3B4c3ccc(-c4cccc(-c6ccccc6)c4)cc3O5)c2)cc1. The molecular weight excluding hydrogens is 549 g/mol. The lowest BCUT2D eigenvalue weighted by atomic mass is 9.35. The van der Waals surface area contributed by atoms with Crippen molar-refractivity contribution in [2.75, 3.05) is 0 Å². The number of benzene rings is 6. The third kappa shape index (κ3) is 4.42. The number of ether oxygens (including phenoxy) is 2. The van der Waals surface area contributed by atoms with Crippen molar-refractivity contribution >= 4 is 23.1 Å². The summed E-state index contributed by atoms with van der Waals surface area (Å²) >= 11 is 0. The van der Waals surface area contributed by atoms with E-state index >= 15 is 0 Å². The van der Waals surface area contributed by atoms with Crippen molar-refractivity contribution < 1.29 is 9.47 Å². The van der Waals surface area contributed by atoms with E-state index in [2.05, 4.69) is 138 Å². The molecule has 210 valence electrons. The van der Waals surface area contributed by atoms with Gasteiger partial charge in [-0.3, -0.25) is 0 Å². The van der Waals surface area contributed by atoms with Crippen molar-refractivity contribution in [2.24, 2.45) is 0 Å². The smallest absolute Gasteiger partial charge is 0.262 e. The zero-order valence-electron chi connectivity index (χ0n) is 24.4. The van der Waals surface area contributed by atoms with Crippen LogP contribution in [0.15, 0.2) is 158 Å². The molecule has 0 aliphatic carbocycles. The summed E-state index contributed by atoms with van der Waals surface area (Å²) in [5.41, 5.74) is 12.5. The second-order valence-electron chi connectivity index (χ2n) is 11.6. The first-order valence-electron chi connectivity index (χ1n) is 15.2. The summed E-state index contributed by atoms with van der Waals surface area (Å²) in [6, 6.07) is 53.4. The molecule has 0 atom stereocenters. The monoisotopic (exact) mass is 575 g/mol. The summed E-state index contributed by atoms with van der Waals surface area (Å²) in [4.78, 5) is 4.64. The third-order valence-electron chi connectivity index (χ3n) is 8.88. The van der Waals surface area contributed by atoms with Crippen LogP contribution in [0.4, 0.5) is 0 Å². The minimum atomic E-state index is -0.0365. The lowest BCUT2D eigenvalue weighted by molar-refractivity contribution is 0.451. The van der Waals surface area contributed by atoms with Gasteiger partial charge in [-0.05, 0) is 85.8 Å². The van der Waals surface area contributed by atoms with Gasteiger partial charge in [-0.15, -0.1) is 0 Å². The summed E-state index contributed by atoms with van der Waals surface area (Å²) in [5.74, 6) is 3.08. The molecule has 45 heavy (non-hydrogen) atoms. The van der Waals surface area contributed by atoms with Crippen LogP contribution < -0.4 is 25.9 Å². The van der Waals surface area contributed by atoms with Crippen LogP contribution in [0.3, 0.4) is 0 Å². The summed E-state index contributed by atoms with van der Waals surface area (Å²) in [7, 11) is 0. The number of fused-ring (bicyclic) bond motifs is 4. The van der Waals surface area contributed by atoms with Gasteiger partial charge < -0.3 is 9.47 Å². The van der Waals surface area contributed by atoms with Crippen LogP contribution in [-0.4, -0.2) is 11.7 Å². The first-order valence-corrected chi connectivity index (χ1v) is 15.2. The number of hydrogen-bond acceptors (Lipinski definition) is 3. The van der Waals surface area contributed by atoms with E-state index < -0.39 is 0 Å². The summed E-state index contributed by atoms with van der Waals surface area (Å²) < 4.78 is 13.0. The number of aromatic nitrogens is 1. The molecule has 0 fully saturated rings. The van der Waals surface area contributed by atoms with Crippen LogP contribution in [0, 0.1) is 0 Å². The molecule has 3 heterocycles. The Bertz CT molecular complexity index is 2080. The quantitative estimate of drug-likeness (QED) is 0.197. The largest absolute Gasteiger partial charge is 0.458 e. The molecule has 4 heteroatoms. The molecule has 0 bridgehead atoms. The van der Waals surface area contributed by atoms with Gasteiger partial charge in [0.05, 0.1) is 0 Å². The molecule has 3 nitrogen and oxygen atoms in total. The van der Waals surface area contributed by atoms with Gasteiger partial charge in [0.2, 0.25) is 5.88 Å². The van der Waals surface area contributed by atoms with E-state index in [1.165, 1.54) is 22.3 Å². The van der Waals surface area contributed by atoms with Crippen LogP contribution >= 0.6 is 0 Å². The Kier molecular flexibility index (Phi) is 5.92. The second-order valence-corrected chi connectivity index (χ2v) is 11.6. The molecule has 0 radical (unpaired) electrons. The number of pyridine rings is 1. The molecule has 0 unspecified atom stereocenters. The fraction of sp³-hybridized carbons (Fsp3) is 0. The number of hydrogen-bond donors (Lipinski definition) is 0. The maximum absolute atomic E-state index is 6.54. The summed E-state index contributed by atoms with van der Waals surface area (Å²) in [5, 5.41) is 0. The van der Waals surface area contributed by atoms with Gasteiger partial charge in [0.1, 0.15) is 17.2 Å². The highest BCUT2D eigenvalue weighted by Gasteiger charge is 2.41. The molecule has 9 rings (SSSR count). The van der Waals surface area contributed by atoms with Crippen molar-refractivity contribution in [3.63, 3.8) is 0 Å². The van der Waals surface area contributed by atoms with E-state index in [-0.39, 0.29) is 6.71 Å². The highest BCUT2D eigenvalue weighted by Crippen LogP contribution is 2.37. The van der Waals surface area contributed by atoms with Crippen molar-refractivity contribution in [3.05, 3.63) is 158 Å². The van der Waals surface area contributed by atoms with Crippen LogP contribution in [0.1, 0.15) is 0 Å². The molecule has 6 aromatic carbocycles. The van der Waals surface area contributed by atoms with Gasteiger partial charge in [0, 0.05) is 11.7 Å². The minimum absolute atomic E-state index is 0.0365. The number of nitrogens with zero attached hydrogens (tertiary/aromatic N) is 1. The van der Waals surface area contributed by atoms with Crippen molar-refractivity contribution in [3.8, 4) is 67.6 Å². The molecule has 7 aromatic rings. The van der Waals surface area contributed by atoms with Gasteiger partial charge >= 0.3 is 0 Å². The summed E-state index contributed by atoms with van der Waals surface area (Å²) in [6.07, 6.45) is 1.77. The Hall–Kier alpha value is -5.87. The van der Waals surface area contributed by atoms with Gasteiger partial charge in [0.25, 0.3) is 6.71 Å². The molecule has 0 amide bonds. The third-order valence-corrected chi connectivity index (χ3v) is 8.88. The van der Waals surface area contributed by atoms with Crippen LogP contribution in [0.2, 0.25) is 0 Å². The first-order chi connectivity index (χ1) is 22.3. The Morgan fingerprint density at radius 3 is 1.40 bits per heavy atom. The molecule has 0 saturated heterocycles. The molecule has 0 N–H and O–H groups in total. The Labute approximate surface area is 262 Å². The van der Waals surface area contributed by atoms with E-state index in [1.807, 2.05) is 18.2 Å². The average Bonchev–Trinajstić information content (AvgIpc) is 3.12. The highest BCUT2D eigenvalue weighted by molar-refractivity contribution is 6.98. The zero-order chi connectivity index (χ0) is 29.7. The highest BCUT2D eigenvalue weighted by atomic mass is 16.5. The minimum Gasteiger partial charge on any atom is -0.458 e. The maximum Gasteiger partial charge on any atom is 0.262 e. The number of rotatable bonds is 4. The van der Waals surface area contributed by atoms with Crippen LogP contribution in [-0.2, 0) is 0 Å². The second kappa shape index (κ2) is 10.4. The maximum atomic E-state index is 6.54.